The molecule has 0 amide bonds. The number of nitrogens with zero attached hydrogens (tertiary/aromatic N) is 1. The number of nitrogens with two attached hydrogens (primary N) is 1. The number of unbranched alkanes of at least 4 members (excludes halogenated alkanes) is 8. The first-order chi connectivity index (χ1) is 7.81. The molecule has 0 bridgehead atoms. The highest BCUT2D eigenvalue weighted by Crippen LogP contribution is 2.09. The van der Waals surface area contributed by atoms with E-state index in [1.54, 1.807) is 0 Å². The van der Waals surface area contributed by atoms with Crippen molar-refractivity contribution >= 4 is 16.9 Å². The number of aliphatic imine (C=N–C) groups is 1. The SMILES string of the molecule is CCCCCCCCCCCN=C(N)SC. The van der Waals surface area contributed by atoms with Gasteiger partial charge in [0.05, 0.1) is 0 Å². The van der Waals surface area contributed by atoms with Gasteiger partial charge in [0.2, 0.25) is 0 Å². The molecule has 96 valence electrons. The lowest BCUT2D eigenvalue weighted by molar-refractivity contribution is 0.567. The molecule has 3 heteroatoms. The molecule has 0 rings (SSSR count). The molecule has 0 unspecified atom stereocenters. The Labute approximate surface area is 105 Å². The molecule has 2 nitrogen and oxygen atoms in total. The van der Waals surface area contributed by atoms with Crippen molar-refractivity contribution in [3.63, 3.8) is 0 Å². The third-order valence-electron chi connectivity index (χ3n) is 2.74. The molecule has 0 radical (unpaired) electrons. The average molecular weight is 244 g/mol. The number of hydrogen-bond donors (Lipinski definition) is 1. The van der Waals surface area contributed by atoms with Crippen LogP contribution in [0.4, 0.5) is 0 Å². The molecule has 0 atom stereocenters. The highest BCUT2D eigenvalue weighted by Gasteiger charge is 1.92. The fourth-order valence-electron chi connectivity index (χ4n) is 1.68. The van der Waals surface area contributed by atoms with E-state index in [0.29, 0.717) is 0 Å². The predicted octanol–water partition coefficient (Wildman–Crippen LogP) is 4.19. The summed E-state index contributed by atoms with van der Waals surface area (Å²) < 4.78 is 0. The summed E-state index contributed by atoms with van der Waals surface area (Å²) in [5.74, 6) is 0. The zero-order valence-electron chi connectivity index (χ0n) is 11.0. The molecule has 0 aliphatic heterocycles. The molecule has 0 heterocycles. The number of thioether (sulfide) groups is 1. The van der Waals surface area contributed by atoms with E-state index in [9.17, 15) is 0 Å². The summed E-state index contributed by atoms with van der Waals surface area (Å²) in [4.78, 5) is 4.26. The molecule has 0 aliphatic rings. The van der Waals surface area contributed by atoms with Gasteiger partial charge in [-0.1, -0.05) is 70.1 Å². The molecule has 0 aromatic heterocycles. The predicted molar refractivity (Wildman–Crippen MR) is 77.2 cm³/mol. The molecule has 0 saturated carbocycles. The van der Waals surface area contributed by atoms with Crippen LogP contribution in [0.5, 0.6) is 0 Å². The van der Waals surface area contributed by atoms with E-state index < -0.39 is 0 Å². The van der Waals surface area contributed by atoms with E-state index in [4.69, 9.17) is 5.73 Å². The molecule has 0 spiro atoms. The van der Waals surface area contributed by atoms with Crippen LogP contribution in [0.25, 0.3) is 0 Å². The van der Waals surface area contributed by atoms with Crippen molar-refractivity contribution in [1.29, 1.82) is 0 Å². The van der Waals surface area contributed by atoms with E-state index in [0.717, 1.165) is 11.7 Å². The molecule has 0 aromatic rings. The molecular formula is C13H28N2S. The lowest BCUT2D eigenvalue weighted by Crippen LogP contribution is -2.06. The van der Waals surface area contributed by atoms with Crippen molar-refractivity contribution in [2.45, 2.75) is 64.7 Å². The highest BCUT2D eigenvalue weighted by atomic mass is 32.2. The quantitative estimate of drug-likeness (QED) is 0.355. The summed E-state index contributed by atoms with van der Waals surface area (Å²) in [6.07, 6.45) is 14.2. The van der Waals surface area contributed by atoms with Gasteiger partial charge in [0.25, 0.3) is 0 Å². The van der Waals surface area contributed by atoms with Crippen molar-refractivity contribution < 1.29 is 0 Å². The van der Waals surface area contributed by atoms with Gasteiger partial charge in [-0.25, -0.2) is 0 Å². The maximum atomic E-state index is 5.59. The van der Waals surface area contributed by atoms with Crippen LogP contribution < -0.4 is 5.73 Å². The van der Waals surface area contributed by atoms with Crippen LogP contribution in [0, 0.1) is 0 Å². The van der Waals surface area contributed by atoms with Crippen LogP contribution in [0.15, 0.2) is 4.99 Å². The van der Waals surface area contributed by atoms with Crippen molar-refractivity contribution in [2.24, 2.45) is 10.7 Å². The van der Waals surface area contributed by atoms with Gasteiger partial charge in [-0.15, -0.1) is 0 Å². The minimum absolute atomic E-state index is 0.722. The van der Waals surface area contributed by atoms with Gasteiger partial charge in [0.15, 0.2) is 5.17 Å². The Kier molecular flexibility index (Phi) is 12.7. The van der Waals surface area contributed by atoms with Crippen molar-refractivity contribution in [2.75, 3.05) is 12.8 Å². The van der Waals surface area contributed by atoms with Crippen molar-refractivity contribution in [1.82, 2.24) is 0 Å². The number of rotatable bonds is 10. The molecule has 0 aliphatic carbocycles. The van der Waals surface area contributed by atoms with E-state index >= 15 is 0 Å². The second kappa shape index (κ2) is 12.9. The smallest absolute Gasteiger partial charge is 0.153 e. The highest BCUT2D eigenvalue weighted by molar-refractivity contribution is 8.13. The summed E-state index contributed by atoms with van der Waals surface area (Å²) in [5.41, 5.74) is 5.59. The van der Waals surface area contributed by atoms with Gasteiger partial charge in [-0.05, 0) is 12.7 Å². The van der Waals surface area contributed by atoms with E-state index in [1.807, 2.05) is 6.26 Å². The van der Waals surface area contributed by atoms with Crippen LogP contribution in [-0.4, -0.2) is 18.0 Å². The Bertz CT molecular complexity index is 169. The summed E-state index contributed by atoms with van der Waals surface area (Å²) in [6, 6.07) is 0. The lowest BCUT2D eigenvalue weighted by atomic mass is 10.1. The van der Waals surface area contributed by atoms with Crippen molar-refractivity contribution in [3.05, 3.63) is 0 Å². The molecule has 0 saturated heterocycles. The van der Waals surface area contributed by atoms with E-state index in [2.05, 4.69) is 11.9 Å². The summed E-state index contributed by atoms with van der Waals surface area (Å²) in [7, 11) is 0. The minimum Gasteiger partial charge on any atom is -0.379 e. The van der Waals surface area contributed by atoms with Crippen LogP contribution in [-0.2, 0) is 0 Å². The van der Waals surface area contributed by atoms with Crippen LogP contribution in [0.2, 0.25) is 0 Å². The molecule has 2 N–H and O–H groups in total. The zero-order chi connectivity index (χ0) is 12.1. The van der Waals surface area contributed by atoms with Gasteiger partial charge < -0.3 is 5.73 Å². The Morgan fingerprint density at radius 3 is 1.94 bits per heavy atom. The fourth-order valence-corrected chi connectivity index (χ4v) is 1.90. The summed E-state index contributed by atoms with van der Waals surface area (Å²) >= 11 is 1.53. The molecular weight excluding hydrogens is 216 g/mol. The topological polar surface area (TPSA) is 38.4 Å². The second-order valence-electron chi connectivity index (χ2n) is 4.25. The monoisotopic (exact) mass is 244 g/mol. The van der Waals surface area contributed by atoms with Gasteiger partial charge in [-0.2, -0.15) is 0 Å². The summed E-state index contributed by atoms with van der Waals surface area (Å²) in [5, 5.41) is 0.722. The Hall–Kier alpha value is -0.180. The van der Waals surface area contributed by atoms with E-state index in [-0.39, 0.29) is 0 Å². The van der Waals surface area contributed by atoms with Gasteiger partial charge in [0, 0.05) is 6.54 Å². The second-order valence-corrected chi connectivity index (χ2v) is 5.08. The Balaban J connectivity index is 3.04. The first-order valence-corrected chi connectivity index (χ1v) is 7.87. The minimum atomic E-state index is 0.722. The lowest BCUT2D eigenvalue weighted by Gasteiger charge is -2.01. The first-order valence-electron chi connectivity index (χ1n) is 6.65. The Morgan fingerprint density at radius 2 is 1.44 bits per heavy atom. The fraction of sp³-hybridized carbons (Fsp3) is 0.923. The Morgan fingerprint density at radius 1 is 0.938 bits per heavy atom. The average Bonchev–Trinajstić information content (AvgIpc) is 2.31. The zero-order valence-corrected chi connectivity index (χ0v) is 11.8. The van der Waals surface area contributed by atoms with Crippen LogP contribution in [0.1, 0.15) is 64.7 Å². The molecule has 0 fully saturated rings. The van der Waals surface area contributed by atoms with Gasteiger partial charge in [-0.3, -0.25) is 4.99 Å². The van der Waals surface area contributed by atoms with Gasteiger partial charge in [0.1, 0.15) is 0 Å². The largest absolute Gasteiger partial charge is 0.379 e. The maximum absolute atomic E-state index is 5.59. The molecule has 16 heavy (non-hydrogen) atoms. The number of hydrogen-bond acceptors (Lipinski definition) is 2. The number of amidine groups is 1. The standard InChI is InChI=1S/C13H28N2S/c1-3-4-5-6-7-8-9-10-11-12-15-13(14)16-2/h3-12H2,1-2H3,(H2,14,15). The molecule has 0 aromatic carbocycles. The third-order valence-corrected chi connectivity index (χ3v) is 3.29. The maximum Gasteiger partial charge on any atom is 0.153 e. The summed E-state index contributed by atoms with van der Waals surface area (Å²) in [6.45, 7) is 3.17. The van der Waals surface area contributed by atoms with Crippen LogP contribution in [0.3, 0.4) is 0 Å². The van der Waals surface area contributed by atoms with Gasteiger partial charge >= 0.3 is 0 Å². The van der Waals surface area contributed by atoms with E-state index in [1.165, 1.54) is 69.5 Å². The van der Waals surface area contributed by atoms with Crippen molar-refractivity contribution in [3.8, 4) is 0 Å². The van der Waals surface area contributed by atoms with Crippen LogP contribution >= 0.6 is 11.8 Å². The first kappa shape index (κ1) is 15.8. The third kappa shape index (κ3) is 11.9. The normalized spacial score (nSPS) is 12.0.